The summed E-state index contributed by atoms with van der Waals surface area (Å²) in [7, 11) is 2.14. The summed E-state index contributed by atoms with van der Waals surface area (Å²) in [4.78, 5) is 0. The van der Waals surface area contributed by atoms with Crippen LogP contribution in [0.1, 0.15) is 65.2 Å². The Hall–Kier alpha value is -2.55. The number of unbranched alkanes of at least 4 members (excludes halogenated alkanes) is 6. The van der Waals surface area contributed by atoms with Gasteiger partial charge in [-0.3, -0.25) is 0 Å². The summed E-state index contributed by atoms with van der Waals surface area (Å²) in [6.45, 7) is 6.73. The van der Waals surface area contributed by atoms with Gasteiger partial charge in [0.2, 0.25) is 5.69 Å². The van der Waals surface area contributed by atoms with Crippen molar-refractivity contribution in [3.8, 4) is 22.4 Å². The molecule has 0 N–H and O–H groups in total. The molecule has 31 heavy (non-hydrogen) atoms. The normalized spacial score (nSPS) is 11.1. The van der Waals surface area contributed by atoms with Crippen LogP contribution in [0.5, 0.6) is 0 Å². The van der Waals surface area contributed by atoms with Crippen LogP contribution in [0.4, 0.5) is 0 Å². The first kappa shape index (κ1) is 23.1. The summed E-state index contributed by atoms with van der Waals surface area (Å²) in [6.07, 6.45) is 21.4. The van der Waals surface area contributed by atoms with E-state index in [9.17, 15) is 0 Å². The first-order chi connectivity index (χ1) is 15.2. The Morgan fingerprint density at radius 1 is 0.581 bits per heavy atom. The molecule has 0 aliphatic rings. The van der Waals surface area contributed by atoms with Crippen LogP contribution in [0.15, 0.2) is 67.4 Å². The minimum atomic E-state index is 1.10. The maximum absolute atomic E-state index is 2.31. The molecule has 0 spiro atoms. The standard InChI is InChI=1S/C28H40N3/c1-4-6-8-10-19-30-21-14-25(15-22-30)27-13-12-18-29(3)28(27)26-16-23-31(24-17-26)20-11-9-7-5-2/h12-18,21-24H,4-11,19-20H2,1-3H3/q+3. The summed E-state index contributed by atoms with van der Waals surface area (Å²) >= 11 is 0. The zero-order chi connectivity index (χ0) is 21.9. The molecule has 0 unspecified atom stereocenters. The third-order valence-corrected chi connectivity index (χ3v) is 6.09. The molecule has 0 saturated heterocycles. The minimum absolute atomic E-state index is 1.10. The van der Waals surface area contributed by atoms with Crippen molar-refractivity contribution >= 4 is 0 Å². The zero-order valence-corrected chi connectivity index (χ0v) is 19.8. The van der Waals surface area contributed by atoms with Gasteiger partial charge in [-0.25, -0.2) is 13.7 Å². The molecule has 0 aliphatic heterocycles. The minimum Gasteiger partial charge on any atom is -0.205 e. The number of hydrogen-bond acceptors (Lipinski definition) is 0. The number of aromatic nitrogens is 3. The van der Waals surface area contributed by atoms with E-state index < -0.39 is 0 Å². The van der Waals surface area contributed by atoms with Gasteiger partial charge in [0.15, 0.2) is 31.0 Å². The molecule has 0 saturated carbocycles. The highest BCUT2D eigenvalue weighted by atomic mass is 14.9. The molecular formula is C28H40N3+3. The molecule has 164 valence electrons. The second kappa shape index (κ2) is 12.3. The molecule has 3 aromatic rings. The fraction of sp³-hybridized carbons (Fsp3) is 0.464. The third-order valence-electron chi connectivity index (χ3n) is 6.09. The van der Waals surface area contributed by atoms with Crippen LogP contribution < -0.4 is 13.7 Å². The number of nitrogens with zero attached hydrogens (tertiary/aromatic N) is 3. The van der Waals surface area contributed by atoms with Crippen molar-refractivity contribution in [1.82, 2.24) is 0 Å². The van der Waals surface area contributed by atoms with Crippen molar-refractivity contribution in [2.24, 2.45) is 7.05 Å². The molecule has 0 fully saturated rings. The quantitative estimate of drug-likeness (QED) is 0.269. The van der Waals surface area contributed by atoms with Crippen LogP contribution in [0.2, 0.25) is 0 Å². The lowest BCUT2D eigenvalue weighted by atomic mass is 10.0. The second-order valence-corrected chi connectivity index (χ2v) is 8.65. The van der Waals surface area contributed by atoms with Gasteiger partial charge in [0, 0.05) is 48.7 Å². The predicted octanol–water partition coefficient (Wildman–Crippen LogP) is 5.58. The number of hydrogen-bond donors (Lipinski definition) is 0. The lowest BCUT2D eigenvalue weighted by molar-refractivity contribution is -0.697. The Labute approximate surface area is 189 Å². The lowest BCUT2D eigenvalue weighted by Gasteiger charge is -2.07. The summed E-state index contributed by atoms with van der Waals surface area (Å²) in [5.74, 6) is 0. The summed E-state index contributed by atoms with van der Waals surface area (Å²) < 4.78 is 6.86. The first-order valence-electron chi connectivity index (χ1n) is 12.2. The van der Waals surface area contributed by atoms with Crippen LogP contribution >= 0.6 is 0 Å². The molecule has 0 aromatic carbocycles. The maximum atomic E-state index is 2.31. The Kier molecular flexibility index (Phi) is 9.20. The van der Waals surface area contributed by atoms with Crippen LogP contribution in [0.3, 0.4) is 0 Å². The number of aryl methyl sites for hydroxylation is 3. The van der Waals surface area contributed by atoms with E-state index in [0.717, 1.165) is 13.1 Å². The fourth-order valence-corrected chi connectivity index (χ4v) is 4.20. The van der Waals surface area contributed by atoms with Crippen LogP contribution in [-0.4, -0.2) is 0 Å². The average Bonchev–Trinajstić information content (AvgIpc) is 2.80. The summed E-state index contributed by atoms with van der Waals surface area (Å²) in [5.41, 5.74) is 5.08. The van der Waals surface area contributed by atoms with Gasteiger partial charge in [-0.1, -0.05) is 39.5 Å². The summed E-state index contributed by atoms with van der Waals surface area (Å²) in [5, 5.41) is 0. The molecule has 3 aromatic heterocycles. The van der Waals surface area contributed by atoms with Crippen molar-refractivity contribution in [1.29, 1.82) is 0 Å². The van der Waals surface area contributed by atoms with Gasteiger partial charge in [-0.15, -0.1) is 0 Å². The molecule has 0 aliphatic carbocycles. The molecular weight excluding hydrogens is 378 g/mol. The molecule has 3 rings (SSSR count). The van der Waals surface area contributed by atoms with Crippen molar-refractivity contribution in [2.45, 2.75) is 78.3 Å². The SMILES string of the molecule is CCCCCC[n+]1ccc(-c2ccc[n+](C)c2-c2cc[n+](CCCCCC)cc2)cc1. The highest BCUT2D eigenvalue weighted by molar-refractivity contribution is 5.77. The second-order valence-electron chi connectivity index (χ2n) is 8.65. The Balaban J connectivity index is 1.76. The Morgan fingerprint density at radius 2 is 1.10 bits per heavy atom. The van der Waals surface area contributed by atoms with Gasteiger partial charge in [-0.05, 0) is 18.9 Å². The smallest absolute Gasteiger partial charge is 0.205 e. The Bertz CT molecular complexity index is 914. The highest BCUT2D eigenvalue weighted by Gasteiger charge is 2.19. The van der Waals surface area contributed by atoms with E-state index in [1.165, 1.54) is 73.8 Å². The summed E-state index contributed by atoms with van der Waals surface area (Å²) in [6, 6.07) is 13.4. The van der Waals surface area contributed by atoms with E-state index in [0.29, 0.717) is 0 Å². The molecule has 0 bridgehead atoms. The van der Waals surface area contributed by atoms with E-state index >= 15 is 0 Å². The van der Waals surface area contributed by atoms with Gasteiger partial charge >= 0.3 is 0 Å². The maximum Gasteiger partial charge on any atom is 0.220 e. The predicted molar refractivity (Wildman–Crippen MR) is 127 cm³/mol. The largest absolute Gasteiger partial charge is 0.220 e. The Morgan fingerprint density at radius 3 is 1.61 bits per heavy atom. The van der Waals surface area contributed by atoms with Crippen LogP contribution in [0.25, 0.3) is 22.4 Å². The van der Waals surface area contributed by atoms with Crippen molar-refractivity contribution in [3.63, 3.8) is 0 Å². The van der Waals surface area contributed by atoms with Crippen LogP contribution in [0, 0.1) is 0 Å². The fourth-order valence-electron chi connectivity index (χ4n) is 4.20. The van der Waals surface area contributed by atoms with Gasteiger partial charge in [0.1, 0.15) is 20.1 Å². The molecule has 3 heterocycles. The molecule has 0 amide bonds. The van der Waals surface area contributed by atoms with Gasteiger partial charge < -0.3 is 0 Å². The molecule has 3 nitrogen and oxygen atoms in total. The average molecular weight is 419 g/mol. The molecule has 0 atom stereocenters. The van der Waals surface area contributed by atoms with E-state index in [1.54, 1.807) is 0 Å². The van der Waals surface area contributed by atoms with Crippen molar-refractivity contribution in [3.05, 3.63) is 67.4 Å². The van der Waals surface area contributed by atoms with Gasteiger partial charge in [-0.2, -0.15) is 0 Å². The van der Waals surface area contributed by atoms with E-state index in [1.807, 2.05) is 0 Å². The monoisotopic (exact) mass is 418 g/mol. The van der Waals surface area contributed by atoms with Crippen molar-refractivity contribution < 1.29 is 13.7 Å². The number of rotatable bonds is 12. The first-order valence-corrected chi connectivity index (χ1v) is 12.2. The lowest BCUT2D eigenvalue weighted by Crippen LogP contribution is -2.34. The highest BCUT2D eigenvalue weighted by Crippen LogP contribution is 2.28. The van der Waals surface area contributed by atoms with Crippen LogP contribution in [-0.2, 0) is 20.1 Å². The van der Waals surface area contributed by atoms with E-state index in [4.69, 9.17) is 0 Å². The molecule has 3 heteroatoms. The van der Waals surface area contributed by atoms with Gasteiger partial charge in [0.25, 0.3) is 0 Å². The number of pyridine rings is 3. The van der Waals surface area contributed by atoms with E-state index in [2.05, 4.69) is 102 Å². The zero-order valence-electron chi connectivity index (χ0n) is 19.8. The molecule has 0 radical (unpaired) electrons. The van der Waals surface area contributed by atoms with Crippen molar-refractivity contribution in [2.75, 3.05) is 0 Å². The van der Waals surface area contributed by atoms with E-state index in [-0.39, 0.29) is 0 Å². The topological polar surface area (TPSA) is 11.6 Å². The third kappa shape index (κ3) is 6.72. The van der Waals surface area contributed by atoms with Gasteiger partial charge in [0.05, 0.1) is 11.1 Å².